The van der Waals surface area contributed by atoms with E-state index in [1.165, 1.54) is 0 Å². The van der Waals surface area contributed by atoms with Crippen molar-refractivity contribution in [3.8, 4) is 0 Å². The third-order valence-corrected chi connectivity index (χ3v) is 5.43. The molecule has 2 aromatic carbocycles. The minimum atomic E-state index is -0.216. The van der Waals surface area contributed by atoms with Gasteiger partial charge in [0, 0.05) is 24.3 Å². The summed E-state index contributed by atoms with van der Waals surface area (Å²) in [5.74, 6) is 0.287. The molecule has 0 radical (unpaired) electrons. The Morgan fingerprint density at radius 3 is 2.89 bits per heavy atom. The molecule has 28 heavy (non-hydrogen) atoms. The summed E-state index contributed by atoms with van der Waals surface area (Å²) in [7, 11) is 1.88. The number of guanidine groups is 1. The predicted molar refractivity (Wildman–Crippen MR) is 113 cm³/mol. The van der Waals surface area contributed by atoms with Crippen molar-refractivity contribution in [1.82, 2.24) is 15.3 Å². The van der Waals surface area contributed by atoms with Crippen molar-refractivity contribution < 1.29 is 4.79 Å². The highest BCUT2D eigenvalue weighted by molar-refractivity contribution is 7.16. The number of aromatic nitrogens is 2. The highest BCUT2D eigenvalue weighted by Gasteiger charge is 2.23. The number of hydrogen-bond acceptors (Lipinski definition) is 6. The Labute approximate surface area is 164 Å². The zero-order chi connectivity index (χ0) is 19.1. The van der Waals surface area contributed by atoms with E-state index in [0.29, 0.717) is 11.7 Å². The second-order valence-electron chi connectivity index (χ2n) is 6.44. The van der Waals surface area contributed by atoms with Crippen molar-refractivity contribution in [1.29, 1.82) is 0 Å². The Hall–Kier alpha value is -3.58. The number of nitrogens with one attached hydrogen (secondary N) is 1. The van der Waals surface area contributed by atoms with E-state index >= 15 is 0 Å². The van der Waals surface area contributed by atoms with Crippen LogP contribution in [0.1, 0.15) is 5.56 Å². The van der Waals surface area contributed by atoms with Crippen molar-refractivity contribution in [2.24, 2.45) is 4.99 Å². The molecule has 0 unspecified atom stereocenters. The Morgan fingerprint density at radius 1 is 1.07 bits per heavy atom. The standard InChI is InChI=1S/C21H15N5OS/c1-26(15-5-7-17-19(11-15)28-12-23-17)21-24-18(20(27)25-21)10-13-4-6-16-14(9-13)3-2-8-22-16/h2-12H,1H3,(H,24,25,27)/b18-10-. The van der Waals surface area contributed by atoms with Gasteiger partial charge in [0.25, 0.3) is 5.91 Å². The molecular weight excluding hydrogens is 370 g/mol. The molecule has 0 aliphatic carbocycles. The lowest BCUT2D eigenvalue weighted by molar-refractivity contribution is -0.115. The molecule has 1 aliphatic heterocycles. The van der Waals surface area contributed by atoms with Gasteiger partial charge in [-0.1, -0.05) is 12.1 Å². The molecule has 6 nitrogen and oxygen atoms in total. The van der Waals surface area contributed by atoms with Crippen LogP contribution in [0, 0.1) is 0 Å². The predicted octanol–water partition coefficient (Wildman–Crippen LogP) is 3.81. The van der Waals surface area contributed by atoms with Crippen LogP contribution in [-0.4, -0.2) is 28.9 Å². The fourth-order valence-corrected chi connectivity index (χ4v) is 3.84. The molecule has 1 N–H and O–H groups in total. The molecule has 0 bridgehead atoms. The summed E-state index contributed by atoms with van der Waals surface area (Å²) >= 11 is 1.58. The van der Waals surface area contributed by atoms with E-state index < -0.39 is 0 Å². The summed E-state index contributed by atoms with van der Waals surface area (Å²) in [5, 5.41) is 3.87. The fourth-order valence-electron chi connectivity index (χ4n) is 3.13. The molecule has 3 heterocycles. The van der Waals surface area contributed by atoms with Crippen molar-refractivity contribution in [2.45, 2.75) is 0 Å². The average Bonchev–Trinajstić information content (AvgIpc) is 3.33. The van der Waals surface area contributed by atoms with Crippen molar-refractivity contribution >= 4 is 56.1 Å². The summed E-state index contributed by atoms with van der Waals surface area (Å²) in [5.41, 5.74) is 5.93. The summed E-state index contributed by atoms with van der Waals surface area (Å²) in [6, 6.07) is 15.7. The highest BCUT2D eigenvalue weighted by atomic mass is 32.1. The Morgan fingerprint density at radius 2 is 1.96 bits per heavy atom. The lowest BCUT2D eigenvalue weighted by Gasteiger charge is -2.18. The number of pyridine rings is 1. The summed E-state index contributed by atoms with van der Waals surface area (Å²) in [4.78, 5) is 27.4. The number of amides is 1. The normalized spacial score (nSPS) is 15.2. The molecule has 2 aromatic heterocycles. The number of nitrogens with zero attached hydrogens (tertiary/aromatic N) is 4. The van der Waals surface area contributed by atoms with E-state index in [1.54, 1.807) is 23.6 Å². The first-order valence-corrected chi connectivity index (χ1v) is 9.59. The maximum Gasteiger partial charge on any atom is 0.276 e. The average molecular weight is 385 g/mol. The van der Waals surface area contributed by atoms with E-state index in [4.69, 9.17) is 0 Å². The van der Waals surface area contributed by atoms with E-state index in [1.807, 2.05) is 66.0 Å². The Kier molecular flexibility index (Phi) is 3.87. The first kappa shape index (κ1) is 16.6. The van der Waals surface area contributed by atoms with Gasteiger partial charge >= 0.3 is 0 Å². The Balaban J connectivity index is 1.47. The molecule has 1 aliphatic rings. The van der Waals surface area contributed by atoms with Gasteiger partial charge in [-0.2, -0.15) is 0 Å². The van der Waals surface area contributed by atoms with Gasteiger partial charge in [0.2, 0.25) is 5.96 Å². The van der Waals surface area contributed by atoms with Crippen LogP contribution < -0.4 is 10.2 Å². The number of carbonyl (C=O) groups is 1. The molecule has 5 rings (SSSR count). The minimum absolute atomic E-state index is 0.216. The second kappa shape index (κ2) is 6.54. The van der Waals surface area contributed by atoms with Gasteiger partial charge in [-0.25, -0.2) is 9.98 Å². The number of hydrogen-bond donors (Lipinski definition) is 1. The Bertz CT molecular complexity index is 1290. The smallest absolute Gasteiger partial charge is 0.276 e. The van der Waals surface area contributed by atoms with Crippen LogP contribution in [0.4, 0.5) is 5.69 Å². The van der Waals surface area contributed by atoms with Crippen molar-refractivity contribution in [2.75, 3.05) is 11.9 Å². The van der Waals surface area contributed by atoms with Crippen molar-refractivity contribution in [3.05, 3.63) is 71.5 Å². The zero-order valence-corrected chi connectivity index (χ0v) is 15.8. The first-order chi connectivity index (χ1) is 13.7. The quantitative estimate of drug-likeness (QED) is 0.533. The van der Waals surface area contributed by atoms with Gasteiger partial charge in [0.05, 0.1) is 21.2 Å². The maximum atomic E-state index is 12.4. The van der Waals surface area contributed by atoms with Crippen LogP contribution in [0.25, 0.3) is 27.2 Å². The first-order valence-electron chi connectivity index (χ1n) is 8.71. The highest BCUT2D eigenvalue weighted by Crippen LogP contribution is 2.25. The maximum absolute atomic E-state index is 12.4. The number of carbonyl (C=O) groups excluding carboxylic acids is 1. The molecule has 0 atom stereocenters. The van der Waals surface area contributed by atoms with Gasteiger partial charge in [0.1, 0.15) is 5.70 Å². The molecule has 7 heteroatoms. The van der Waals surface area contributed by atoms with E-state index in [0.717, 1.165) is 32.4 Å². The molecule has 0 saturated heterocycles. The molecule has 0 saturated carbocycles. The zero-order valence-electron chi connectivity index (χ0n) is 15.0. The van der Waals surface area contributed by atoms with E-state index in [-0.39, 0.29) is 5.91 Å². The van der Waals surface area contributed by atoms with Crippen LogP contribution >= 0.6 is 11.3 Å². The van der Waals surface area contributed by atoms with Crippen LogP contribution in [0.3, 0.4) is 0 Å². The number of thiazole rings is 1. The lowest BCUT2D eigenvalue weighted by atomic mass is 10.1. The molecular formula is C21H15N5OS. The van der Waals surface area contributed by atoms with E-state index in [2.05, 4.69) is 20.3 Å². The topological polar surface area (TPSA) is 70.5 Å². The number of aliphatic imine (C=N–C) groups is 1. The molecule has 0 fully saturated rings. The number of benzene rings is 2. The molecule has 136 valence electrons. The summed E-state index contributed by atoms with van der Waals surface area (Å²) < 4.78 is 1.09. The lowest BCUT2D eigenvalue weighted by Crippen LogP contribution is -2.37. The van der Waals surface area contributed by atoms with Gasteiger partial charge in [-0.3, -0.25) is 15.1 Å². The van der Waals surface area contributed by atoms with Gasteiger partial charge in [0.15, 0.2) is 0 Å². The van der Waals surface area contributed by atoms with Crippen molar-refractivity contribution in [3.63, 3.8) is 0 Å². The van der Waals surface area contributed by atoms with Crippen LogP contribution in [-0.2, 0) is 4.79 Å². The molecule has 0 spiro atoms. The third-order valence-electron chi connectivity index (χ3n) is 4.63. The van der Waals surface area contributed by atoms with Gasteiger partial charge < -0.3 is 4.90 Å². The third kappa shape index (κ3) is 2.91. The van der Waals surface area contributed by atoms with Crippen LogP contribution in [0.2, 0.25) is 0 Å². The monoisotopic (exact) mass is 385 g/mol. The minimum Gasteiger partial charge on any atom is -0.315 e. The van der Waals surface area contributed by atoms with Crippen LogP contribution in [0.15, 0.2) is 70.9 Å². The summed E-state index contributed by atoms with van der Waals surface area (Å²) in [6.07, 6.45) is 3.55. The molecule has 4 aromatic rings. The largest absolute Gasteiger partial charge is 0.315 e. The number of anilines is 1. The van der Waals surface area contributed by atoms with Crippen LogP contribution in [0.5, 0.6) is 0 Å². The molecule has 1 amide bonds. The second-order valence-corrected chi connectivity index (χ2v) is 7.32. The van der Waals surface area contributed by atoms with E-state index in [9.17, 15) is 4.79 Å². The number of fused-ring (bicyclic) bond motifs is 2. The van der Waals surface area contributed by atoms with Gasteiger partial charge in [-0.15, -0.1) is 11.3 Å². The summed E-state index contributed by atoms with van der Waals surface area (Å²) in [6.45, 7) is 0. The fraction of sp³-hybridized carbons (Fsp3) is 0.0476. The number of rotatable bonds is 2. The van der Waals surface area contributed by atoms with Gasteiger partial charge in [-0.05, 0) is 48.0 Å². The SMILES string of the molecule is CN(C1=N/C(=C\c2ccc3ncccc3c2)C(=O)N1)c1ccc2ncsc2c1.